The molecule has 2 rings (SSSR count). The molecule has 0 aromatic heterocycles. The van der Waals surface area contributed by atoms with Crippen LogP contribution in [0.3, 0.4) is 0 Å². The summed E-state index contributed by atoms with van der Waals surface area (Å²) in [6, 6.07) is 13.1. The molecule has 0 radical (unpaired) electrons. The quantitative estimate of drug-likeness (QED) is 0.662. The number of para-hydroxylation sites is 1. The SMILES string of the molecule is ClCc1ccc(Cl)cc1Oc1ccccc1Br. The van der Waals surface area contributed by atoms with E-state index in [0.717, 1.165) is 15.8 Å². The van der Waals surface area contributed by atoms with E-state index in [1.54, 1.807) is 12.1 Å². The van der Waals surface area contributed by atoms with Gasteiger partial charge in [0, 0.05) is 10.6 Å². The van der Waals surface area contributed by atoms with E-state index < -0.39 is 0 Å². The summed E-state index contributed by atoms with van der Waals surface area (Å²) in [6.45, 7) is 0. The fraction of sp³-hybridized carbons (Fsp3) is 0.0769. The van der Waals surface area contributed by atoms with E-state index in [0.29, 0.717) is 16.7 Å². The van der Waals surface area contributed by atoms with Crippen molar-refractivity contribution in [3.8, 4) is 11.5 Å². The number of alkyl halides is 1. The van der Waals surface area contributed by atoms with E-state index in [4.69, 9.17) is 27.9 Å². The van der Waals surface area contributed by atoms with Crippen molar-refractivity contribution >= 4 is 39.1 Å². The fourth-order valence-electron chi connectivity index (χ4n) is 1.38. The zero-order valence-electron chi connectivity index (χ0n) is 8.79. The van der Waals surface area contributed by atoms with Crippen molar-refractivity contribution in [2.45, 2.75) is 5.88 Å². The Bertz CT molecular complexity index is 529. The molecule has 0 unspecified atom stereocenters. The maximum absolute atomic E-state index is 5.95. The average molecular weight is 332 g/mol. The van der Waals surface area contributed by atoms with Gasteiger partial charge >= 0.3 is 0 Å². The van der Waals surface area contributed by atoms with Crippen LogP contribution < -0.4 is 4.74 Å². The summed E-state index contributed by atoms with van der Waals surface area (Å²) >= 11 is 15.2. The van der Waals surface area contributed by atoms with Crippen molar-refractivity contribution < 1.29 is 4.74 Å². The highest BCUT2D eigenvalue weighted by Crippen LogP contribution is 2.33. The van der Waals surface area contributed by atoms with Gasteiger partial charge in [0.15, 0.2) is 0 Å². The van der Waals surface area contributed by atoms with Gasteiger partial charge in [-0.2, -0.15) is 0 Å². The normalized spacial score (nSPS) is 10.3. The Labute approximate surface area is 118 Å². The first-order chi connectivity index (χ1) is 8.20. The predicted molar refractivity (Wildman–Crippen MR) is 75.2 cm³/mol. The minimum Gasteiger partial charge on any atom is -0.456 e. The molecule has 4 heteroatoms. The molecular formula is C13H9BrCl2O. The zero-order valence-corrected chi connectivity index (χ0v) is 11.9. The van der Waals surface area contributed by atoms with Crippen LogP contribution in [0.5, 0.6) is 11.5 Å². The molecule has 2 aromatic carbocycles. The van der Waals surface area contributed by atoms with Crippen molar-refractivity contribution in [1.29, 1.82) is 0 Å². The van der Waals surface area contributed by atoms with Gasteiger partial charge in [0.25, 0.3) is 0 Å². The first-order valence-corrected chi connectivity index (χ1v) is 6.68. The predicted octanol–water partition coefficient (Wildman–Crippen LogP) is 5.63. The summed E-state index contributed by atoms with van der Waals surface area (Å²) in [7, 11) is 0. The molecule has 17 heavy (non-hydrogen) atoms. The van der Waals surface area contributed by atoms with Gasteiger partial charge in [-0.15, -0.1) is 11.6 Å². The van der Waals surface area contributed by atoms with Gasteiger partial charge in [-0.3, -0.25) is 0 Å². The first-order valence-electron chi connectivity index (χ1n) is 4.97. The number of hydrogen-bond donors (Lipinski definition) is 0. The van der Waals surface area contributed by atoms with Crippen molar-refractivity contribution in [2.24, 2.45) is 0 Å². The van der Waals surface area contributed by atoms with E-state index in [2.05, 4.69) is 15.9 Å². The van der Waals surface area contributed by atoms with Gasteiger partial charge in [-0.1, -0.05) is 29.8 Å². The standard InChI is InChI=1S/C13H9BrCl2O/c14-11-3-1-2-4-12(11)17-13-7-10(16)6-5-9(13)8-15/h1-7H,8H2. The molecule has 0 aliphatic heterocycles. The molecule has 0 N–H and O–H groups in total. The van der Waals surface area contributed by atoms with Crippen LogP contribution in [-0.4, -0.2) is 0 Å². The Morgan fingerprint density at radius 1 is 1.06 bits per heavy atom. The lowest BCUT2D eigenvalue weighted by Crippen LogP contribution is -1.90. The van der Waals surface area contributed by atoms with Crippen molar-refractivity contribution in [1.82, 2.24) is 0 Å². The molecule has 88 valence electrons. The largest absolute Gasteiger partial charge is 0.456 e. The van der Waals surface area contributed by atoms with Crippen LogP contribution in [0.2, 0.25) is 5.02 Å². The van der Waals surface area contributed by atoms with E-state index in [1.165, 1.54) is 0 Å². The third-order valence-corrected chi connectivity index (χ3v) is 3.41. The van der Waals surface area contributed by atoms with Gasteiger partial charge in [0.05, 0.1) is 10.4 Å². The monoisotopic (exact) mass is 330 g/mol. The Morgan fingerprint density at radius 2 is 1.82 bits per heavy atom. The summed E-state index contributed by atoms with van der Waals surface area (Å²) in [5.74, 6) is 1.80. The maximum Gasteiger partial charge on any atom is 0.141 e. The van der Waals surface area contributed by atoms with Crippen molar-refractivity contribution in [3.05, 3.63) is 57.5 Å². The van der Waals surface area contributed by atoms with Crippen molar-refractivity contribution in [3.63, 3.8) is 0 Å². The lowest BCUT2D eigenvalue weighted by atomic mass is 10.2. The third-order valence-electron chi connectivity index (χ3n) is 2.23. The van der Waals surface area contributed by atoms with Crippen LogP contribution >= 0.6 is 39.1 Å². The second kappa shape index (κ2) is 5.76. The molecule has 2 aromatic rings. The molecule has 1 nitrogen and oxygen atoms in total. The topological polar surface area (TPSA) is 9.23 Å². The van der Waals surface area contributed by atoms with E-state index in [1.807, 2.05) is 30.3 Å². The fourth-order valence-corrected chi connectivity index (χ4v) is 2.13. The minimum absolute atomic E-state index is 0.386. The van der Waals surface area contributed by atoms with Crippen LogP contribution in [0.4, 0.5) is 0 Å². The molecule has 0 saturated carbocycles. The number of hydrogen-bond acceptors (Lipinski definition) is 1. The molecule has 0 atom stereocenters. The molecule has 0 aliphatic rings. The summed E-state index contributed by atoms with van der Waals surface area (Å²) in [6.07, 6.45) is 0. The summed E-state index contributed by atoms with van der Waals surface area (Å²) < 4.78 is 6.69. The Kier molecular flexibility index (Phi) is 4.32. The zero-order chi connectivity index (χ0) is 12.3. The van der Waals surface area contributed by atoms with Crippen LogP contribution in [0, 0.1) is 0 Å². The second-order valence-corrected chi connectivity index (χ2v) is 4.98. The molecule has 0 spiro atoms. The Morgan fingerprint density at radius 3 is 2.53 bits per heavy atom. The van der Waals surface area contributed by atoms with Gasteiger partial charge in [0.1, 0.15) is 11.5 Å². The highest BCUT2D eigenvalue weighted by molar-refractivity contribution is 9.10. The number of benzene rings is 2. The minimum atomic E-state index is 0.386. The summed E-state index contributed by atoms with van der Waals surface area (Å²) in [4.78, 5) is 0. The van der Waals surface area contributed by atoms with Crippen molar-refractivity contribution in [2.75, 3.05) is 0 Å². The third kappa shape index (κ3) is 3.15. The highest BCUT2D eigenvalue weighted by atomic mass is 79.9. The van der Waals surface area contributed by atoms with E-state index >= 15 is 0 Å². The second-order valence-electron chi connectivity index (χ2n) is 3.42. The van der Waals surface area contributed by atoms with Gasteiger partial charge in [-0.05, 0) is 40.2 Å². The molecular weight excluding hydrogens is 323 g/mol. The highest BCUT2D eigenvalue weighted by Gasteiger charge is 2.07. The molecule has 0 heterocycles. The van der Waals surface area contributed by atoms with Crippen LogP contribution in [0.25, 0.3) is 0 Å². The smallest absolute Gasteiger partial charge is 0.141 e. The molecule has 0 bridgehead atoms. The maximum atomic E-state index is 5.95. The molecule has 0 saturated heterocycles. The van der Waals surface area contributed by atoms with E-state index in [-0.39, 0.29) is 0 Å². The van der Waals surface area contributed by atoms with Gasteiger partial charge in [0.2, 0.25) is 0 Å². The number of ether oxygens (including phenoxy) is 1. The number of halogens is 3. The summed E-state index contributed by atoms with van der Waals surface area (Å²) in [5.41, 5.74) is 0.909. The number of rotatable bonds is 3. The summed E-state index contributed by atoms with van der Waals surface area (Å²) in [5, 5.41) is 0.626. The van der Waals surface area contributed by atoms with Crippen LogP contribution in [0.1, 0.15) is 5.56 Å². The average Bonchev–Trinajstić information content (AvgIpc) is 2.32. The van der Waals surface area contributed by atoms with Crippen LogP contribution in [-0.2, 0) is 5.88 Å². The Hall–Kier alpha value is -0.700. The lowest BCUT2D eigenvalue weighted by Gasteiger charge is -2.11. The molecule has 0 fully saturated rings. The first kappa shape index (κ1) is 12.7. The molecule has 0 aliphatic carbocycles. The van der Waals surface area contributed by atoms with E-state index in [9.17, 15) is 0 Å². The molecule has 0 amide bonds. The van der Waals surface area contributed by atoms with Gasteiger partial charge < -0.3 is 4.74 Å². The Balaban J connectivity index is 2.35. The lowest BCUT2D eigenvalue weighted by molar-refractivity contribution is 0.475. The van der Waals surface area contributed by atoms with Crippen LogP contribution in [0.15, 0.2) is 46.9 Å². The van der Waals surface area contributed by atoms with Gasteiger partial charge in [-0.25, -0.2) is 0 Å².